The Bertz CT molecular complexity index is 1040. The monoisotopic (exact) mass is 462 g/mol. The Hall–Kier alpha value is -2.47. The molecular formula is C26H27F5Si. The molecule has 6 heteroatoms. The number of rotatable bonds is 8. The van der Waals surface area contributed by atoms with Crippen LogP contribution in [0.15, 0.2) is 48.5 Å². The maximum Gasteiger partial charge on any atom is 0.194 e. The molecule has 0 amide bonds. The second kappa shape index (κ2) is 9.99. The first-order valence-corrected chi connectivity index (χ1v) is 14.1. The molecule has 0 bridgehead atoms. The molecule has 0 saturated heterocycles. The third kappa shape index (κ3) is 5.47. The minimum absolute atomic E-state index is 0.0393. The largest absolute Gasteiger partial charge is 0.207 e. The van der Waals surface area contributed by atoms with E-state index in [0.29, 0.717) is 5.56 Å². The van der Waals surface area contributed by atoms with Gasteiger partial charge in [0.05, 0.1) is 8.07 Å². The molecule has 3 rings (SSSR count). The lowest BCUT2D eigenvalue weighted by Crippen LogP contribution is -2.48. The number of aryl methyl sites for hydroxylation is 1. The molecule has 0 fully saturated rings. The molecule has 0 aliphatic rings. The Morgan fingerprint density at radius 3 is 1.75 bits per heavy atom. The average molecular weight is 463 g/mol. The summed E-state index contributed by atoms with van der Waals surface area (Å²) in [5.74, 6) is -5.51. The van der Waals surface area contributed by atoms with Crippen LogP contribution in [0.25, 0.3) is 11.1 Å². The number of hydrogen-bond donors (Lipinski definition) is 0. The molecule has 0 aliphatic carbocycles. The van der Waals surface area contributed by atoms with E-state index >= 15 is 8.78 Å². The highest BCUT2D eigenvalue weighted by molar-refractivity contribution is 6.89. The SMILES string of the molecule is CCCCCc1ccc(-c2cc(F)c([Si](C)(C)Cc3cc(F)c(F)c(F)c3)c(F)c2)cc1. The summed E-state index contributed by atoms with van der Waals surface area (Å²) in [7, 11) is -2.83. The van der Waals surface area contributed by atoms with Gasteiger partial charge in [-0.1, -0.05) is 57.1 Å². The van der Waals surface area contributed by atoms with Crippen LogP contribution in [0.4, 0.5) is 22.0 Å². The van der Waals surface area contributed by atoms with Crippen molar-refractivity contribution in [3.05, 3.63) is 88.7 Å². The summed E-state index contributed by atoms with van der Waals surface area (Å²) in [6.07, 6.45) is 4.39. The summed E-state index contributed by atoms with van der Waals surface area (Å²) in [6, 6.07) is 12.1. The zero-order valence-electron chi connectivity index (χ0n) is 18.5. The van der Waals surface area contributed by atoms with E-state index in [1.807, 2.05) is 24.3 Å². The number of benzene rings is 3. The average Bonchev–Trinajstić information content (AvgIpc) is 2.71. The molecular weight excluding hydrogens is 435 g/mol. The van der Waals surface area contributed by atoms with E-state index in [1.54, 1.807) is 13.1 Å². The normalized spacial score (nSPS) is 11.8. The third-order valence-electron chi connectivity index (χ3n) is 5.76. The molecule has 0 radical (unpaired) electrons. The first-order valence-electron chi connectivity index (χ1n) is 10.8. The second-order valence-corrected chi connectivity index (χ2v) is 13.5. The molecule has 0 unspecified atom stereocenters. The molecule has 3 aromatic rings. The third-order valence-corrected chi connectivity index (χ3v) is 8.89. The van der Waals surface area contributed by atoms with Crippen molar-refractivity contribution < 1.29 is 22.0 Å². The summed E-state index contributed by atoms with van der Waals surface area (Å²) in [6.45, 7) is 5.59. The van der Waals surface area contributed by atoms with E-state index in [4.69, 9.17) is 0 Å². The molecule has 3 aromatic carbocycles. The van der Waals surface area contributed by atoms with Gasteiger partial charge in [0.1, 0.15) is 11.6 Å². The number of halogens is 5. The van der Waals surface area contributed by atoms with E-state index in [2.05, 4.69) is 6.92 Å². The summed E-state index contributed by atoms with van der Waals surface area (Å²) >= 11 is 0. The van der Waals surface area contributed by atoms with Gasteiger partial charge >= 0.3 is 0 Å². The van der Waals surface area contributed by atoms with Gasteiger partial charge < -0.3 is 0 Å². The lowest BCUT2D eigenvalue weighted by atomic mass is 10.0. The summed E-state index contributed by atoms with van der Waals surface area (Å²) < 4.78 is 70.6. The quantitative estimate of drug-likeness (QED) is 0.141. The van der Waals surface area contributed by atoms with Crippen molar-refractivity contribution in [2.24, 2.45) is 0 Å². The fourth-order valence-electron chi connectivity index (χ4n) is 4.14. The summed E-state index contributed by atoms with van der Waals surface area (Å²) in [4.78, 5) is 0. The van der Waals surface area contributed by atoms with Crippen molar-refractivity contribution in [1.29, 1.82) is 0 Å². The van der Waals surface area contributed by atoms with Crippen molar-refractivity contribution in [2.45, 2.75) is 51.7 Å². The first-order chi connectivity index (χ1) is 15.1. The minimum atomic E-state index is -2.83. The van der Waals surface area contributed by atoms with Gasteiger partial charge in [-0.25, -0.2) is 22.0 Å². The van der Waals surface area contributed by atoms with Crippen LogP contribution in [0.1, 0.15) is 37.3 Å². The van der Waals surface area contributed by atoms with Crippen LogP contribution in [0.3, 0.4) is 0 Å². The van der Waals surface area contributed by atoms with Gasteiger partial charge in [-0.3, -0.25) is 0 Å². The topological polar surface area (TPSA) is 0 Å². The predicted octanol–water partition coefficient (Wildman–Crippen LogP) is 7.48. The number of unbranched alkanes of at least 4 members (excludes halogenated alkanes) is 2. The van der Waals surface area contributed by atoms with Crippen LogP contribution in [-0.4, -0.2) is 8.07 Å². The van der Waals surface area contributed by atoms with Crippen LogP contribution in [0, 0.1) is 29.1 Å². The molecule has 0 N–H and O–H groups in total. The van der Waals surface area contributed by atoms with Crippen LogP contribution >= 0.6 is 0 Å². The molecule has 0 heterocycles. The maximum atomic E-state index is 15.1. The molecule has 0 spiro atoms. The Morgan fingerprint density at radius 1 is 0.656 bits per heavy atom. The van der Waals surface area contributed by atoms with Crippen molar-refractivity contribution in [2.75, 3.05) is 0 Å². The molecule has 0 nitrogen and oxygen atoms in total. The highest BCUT2D eigenvalue weighted by Gasteiger charge is 2.31. The molecule has 0 saturated carbocycles. The predicted molar refractivity (Wildman–Crippen MR) is 122 cm³/mol. The van der Waals surface area contributed by atoms with Gasteiger partial charge in [0, 0.05) is 5.19 Å². The lowest BCUT2D eigenvalue weighted by molar-refractivity contribution is 0.446. The summed E-state index contributed by atoms with van der Waals surface area (Å²) in [5, 5.41) is -0.0393. The molecule has 0 atom stereocenters. The van der Waals surface area contributed by atoms with E-state index in [-0.39, 0.29) is 16.8 Å². The Kier molecular flexibility index (Phi) is 7.54. The summed E-state index contributed by atoms with van der Waals surface area (Å²) in [5.41, 5.74) is 2.52. The highest BCUT2D eigenvalue weighted by atomic mass is 28.3. The second-order valence-electron chi connectivity index (χ2n) is 8.90. The van der Waals surface area contributed by atoms with Gasteiger partial charge in [0.2, 0.25) is 0 Å². The molecule has 0 aromatic heterocycles. The van der Waals surface area contributed by atoms with Gasteiger partial charge in [-0.05, 0) is 65.4 Å². The van der Waals surface area contributed by atoms with Crippen LogP contribution in [0.2, 0.25) is 13.1 Å². The van der Waals surface area contributed by atoms with E-state index in [9.17, 15) is 13.2 Å². The standard InChI is InChI=1S/C26H27F5Si/c1-4-5-6-7-17-8-10-19(11-9-17)20-14-23(29)26(24(30)15-20)32(2,3)16-18-12-21(27)25(31)22(28)13-18/h8-15H,4-7,16H2,1-3H3. The molecule has 170 valence electrons. The lowest BCUT2D eigenvalue weighted by Gasteiger charge is -2.25. The van der Waals surface area contributed by atoms with Gasteiger partial charge in [-0.15, -0.1) is 0 Å². The smallest absolute Gasteiger partial charge is 0.194 e. The Labute approximate surface area is 187 Å². The van der Waals surface area contributed by atoms with E-state index < -0.39 is 37.2 Å². The zero-order chi connectivity index (χ0) is 23.5. The van der Waals surface area contributed by atoms with Crippen LogP contribution in [0.5, 0.6) is 0 Å². The Morgan fingerprint density at radius 2 is 1.22 bits per heavy atom. The molecule has 32 heavy (non-hydrogen) atoms. The zero-order valence-corrected chi connectivity index (χ0v) is 19.5. The highest BCUT2D eigenvalue weighted by Crippen LogP contribution is 2.25. The van der Waals surface area contributed by atoms with Crippen molar-refractivity contribution in [3.63, 3.8) is 0 Å². The van der Waals surface area contributed by atoms with Gasteiger partial charge in [-0.2, -0.15) is 0 Å². The maximum absolute atomic E-state index is 15.1. The van der Waals surface area contributed by atoms with E-state index in [0.717, 1.165) is 43.4 Å². The van der Waals surface area contributed by atoms with Crippen LogP contribution in [-0.2, 0) is 12.5 Å². The fraction of sp³-hybridized carbons (Fsp3) is 0.308. The molecule has 0 aliphatic heterocycles. The van der Waals surface area contributed by atoms with Gasteiger partial charge in [0.25, 0.3) is 0 Å². The van der Waals surface area contributed by atoms with Gasteiger partial charge in [0.15, 0.2) is 17.5 Å². The van der Waals surface area contributed by atoms with Crippen LogP contribution < -0.4 is 5.19 Å². The minimum Gasteiger partial charge on any atom is -0.207 e. The van der Waals surface area contributed by atoms with Crippen molar-refractivity contribution in [1.82, 2.24) is 0 Å². The first kappa shape index (κ1) is 24.2. The van der Waals surface area contributed by atoms with Crippen molar-refractivity contribution >= 4 is 13.3 Å². The Balaban J connectivity index is 1.86. The fourth-order valence-corrected chi connectivity index (χ4v) is 6.98. The van der Waals surface area contributed by atoms with E-state index in [1.165, 1.54) is 17.7 Å². The number of hydrogen-bond acceptors (Lipinski definition) is 0. The van der Waals surface area contributed by atoms with Crippen molar-refractivity contribution in [3.8, 4) is 11.1 Å².